The Bertz CT molecular complexity index is 914. The van der Waals surface area contributed by atoms with Gasteiger partial charge in [-0.3, -0.25) is 0 Å². The minimum Gasteiger partial charge on any atom is -0.423 e. The molecule has 0 saturated carbocycles. The van der Waals surface area contributed by atoms with Gasteiger partial charge in [0.2, 0.25) is 0 Å². The first-order valence-corrected chi connectivity index (χ1v) is 9.32. The zero-order chi connectivity index (χ0) is 19.9. The van der Waals surface area contributed by atoms with Gasteiger partial charge in [-0.25, -0.2) is 9.59 Å². The number of hydrogen-bond donors (Lipinski definition) is 0. The third-order valence-corrected chi connectivity index (χ3v) is 4.45. The molecule has 4 nitrogen and oxygen atoms in total. The molecule has 0 aliphatic heterocycles. The van der Waals surface area contributed by atoms with Gasteiger partial charge in [0, 0.05) is 0 Å². The first kappa shape index (κ1) is 19.4. The minimum absolute atomic E-state index is 0.295. The summed E-state index contributed by atoms with van der Waals surface area (Å²) in [5, 5.41) is 0. The molecule has 0 saturated heterocycles. The molecule has 0 N–H and O–H groups in total. The van der Waals surface area contributed by atoms with Gasteiger partial charge in [0.1, 0.15) is 11.5 Å². The highest BCUT2D eigenvalue weighted by molar-refractivity contribution is 5.96. The van der Waals surface area contributed by atoms with Crippen LogP contribution in [-0.2, 0) is 12.8 Å². The highest BCUT2D eigenvalue weighted by Crippen LogP contribution is 2.22. The van der Waals surface area contributed by atoms with Gasteiger partial charge in [-0.2, -0.15) is 0 Å². The van der Waals surface area contributed by atoms with Crippen LogP contribution in [0.5, 0.6) is 11.5 Å². The largest absolute Gasteiger partial charge is 0.423 e. The van der Waals surface area contributed by atoms with Crippen LogP contribution in [0.15, 0.2) is 72.8 Å². The summed E-state index contributed by atoms with van der Waals surface area (Å²) in [6.45, 7) is 3.99. The Balaban J connectivity index is 1.78. The molecule has 3 aromatic carbocycles. The van der Waals surface area contributed by atoms with Crippen LogP contribution in [0.25, 0.3) is 0 Å². The molecule has 0 aliphatic rings. The van der Waals surface area contributed by atoms with Crippen LogP contribution in [-0.4, -0.2) is 11.9 Å². The number of rotatable bonds is 6. The van der Waals surface area contributed by atoms with Crippen molar-refractivity contribution in [3.8, 4) is 11.5 Å². The van der Waals surface area contributed by atoms with Crippen molar-refractivity contribution in [1.82, 2.24) is 0 Å². The van der Waals surface area contributed by atoms with Crippen molar-refractivity contribution in [2.24, 2.45) is 0 Å². The van der Waals surface area contributed by atoms with E-state index in [1.54, 1.807) is 30.3 Å². The van der Waals surface area contributed by atoms with E-state index in [-0.39, 0.29) is 0 Å². The van der Waals surface area contributed by atoms with Crippen LogP contribution in [0, 0.1) is 0 Å². The lowest BCUT2D eigenvalue weighted by Crippen LogP contribution is -2.13. The van der Waals surface area contributed by atoms with Crippen LogP contribution >= 0.6 is 0 Å². The second-order valence-corrected chi connectivity index (χ2v) is 6.28. The lowest BCUT2D eigenvalue weighted by atomic mass is 10.1. The van der Waals surface area contributed by atoms with Crippen molar-refractivity contribution in [1.29, 1.82) is 0 Å². The van der Waals surface area contributed by atoms with E-state index in [0.29, 0.717) is 22.6 Å². The Morgan fingerprint density at radius 3 is 1.50 bits per heavy atom. The average molecular weight is 374 g/mol. The molecular formula is C24H22O4. The molecule has 4 heteroatoms. The third-order valence-electron chi connectivity index (χ3n) is 4.45. The van der Waals surface area contributed by atoms with Gasteiger partial charge in [-0.15, -0.1) is 0 Å². The summed E-state index contributed by atoms with van der Waals surface area (Å²) in [4.78, 5) is 25.1. The molecule has 142 valence electrons. The molecule has 0 unspecified atom stereocenters. The Kier molecular flexibility index (Phi) is 6.22. The number of benzene rings is 3. The third kappa shape index (κ3) is 4.46. The van der Waals surface area contributed by atoms with E-state index in [2.05, 4.69) is 0 Å². The van der Waals surface area contributed by atoms with Crippen LogP contribution in [0.3, 0.4) is 0 Å². The van der Waals surface area contributed by atoms with Crippen LogP contribution in [0.1, 0.15) is 45.7 Å². The number of para-hydroxylation sites is 2. The molecule has 0 bridgehead atoms. The van der Waals surface area contributed by atoms with Crippen molar-refractivity contribution in [2.45, 2.75) is 26.7 Å². The molecule has 3 rings (SSSR count). The van der Waals surface area contributed by atoms with Crippen molar-refractivity contribution in [3.63, 3.8) is 0 Å². The standard InChI is InChI=1S/C24H22O4/c1-3-17-10-5-7-14-21(17)27-23(25)19-12-9-13-20(16-19)24(26)28-22-15-8-6-11-18(22)4-2/h5-16H,3-4H2,1-2H3. The Labute approximate surface area is 164 Å². The summed E-state index contributed by atoms with van der Waals surface area (Å²) in [7, 11) is 0. The molecule has 0 amide bonds. The number of hydrogen-bond acceptors (Lipinski definition) is 4. The van der Waals surface area contributed by atoms with Gasteiger partial charge in [0.25, 0.3) is 0 Å². The summed E-state index contributed by atoms with van der Waals surface area (Å²) >= 11 is 0. The molecule has 0 spiro atoms. The second-order valence-electron chi connectivity index (χ2n) is 6.28. The van der Waals surface area contributed by atoms with Crippen LogP contribution in [0.2, 0.25) is 0 Å². The molecule has 0 aliphatic carbocycles. The summed E-state index contributed by atoms with van der Waals surface area (Å²) < 4.78 is 11.0. The maximum absolute atomic E-state index is 12.5. The molecule has 28 heavy (non-hydrogen) atoms. The zero-order valence-electron chi connectivity index (χ0n) is 16.0. The fourth-order valence-electron chi connectivity index (χ4n) is 2.88. The van der Waals surface area contributed by atoms with Crippen molar-refractivity contribution >= 4 is 11.9 Å². The normalized spacial score (nSPS) is 10.4. The Morgan fingerprint density at radius 1 is 0.643 bits per heavy atom. The molecule has 0 atom stereocenters. The number of aryl methyl sites for hydroxylation is 2. The maximum Gasteiger partial charge on any atom is 0.343 e. The number of carbonyl (C=O) groups is 2. The predicted octanol–water partition coefficient (Wildman–Crippen LogP) is 5.25. The summed E-state index contributed by atoms with van der Waals surface area (Å²) in [6, 6.07) is 21.2. The summed E-state index contributed by atoms with van der Waals surface area (Å²) in [5.41, 5.74) is 2.48. The average Bonchev–Trinajstić information content (AvgIpc) is 2.74. The van der Waals surface area contributed by atoms with E-state index in [0.717, 1.165) is 24.0 Å². The Morgan fingerprint density at radius 2 is 1.07 bits per heavy atom. The van der Waals surface area contributed by atoms with Gasteiger partial charge >= 0.3 is 11.9 Å². The maximum atomic E-state index is 12.5. The van der Waals surface area contributed by atoms with Crippen molar-refractivity contribution < 1.29 is 19.1 Å². The molecular weight excluding hydrogens is 352 g/mol. The quantitative estimate of drug-likeness (QED) is 0.437. The lowest BCUT2D eigenvalue weighted by Gasteiger charge is -2.10. The fourth-order valence-corrected chi connectivity index (χ4v) is 2.88. The van der Waals surface area contributed by atoms with E-state index in [1.165, 1.54) is 6.07 Å². The topological polar surface area (TPSA) is 52.6 Å². The van der Waals surface area contributed by atoms with E-state index in [9.17, 15) is 9.59 Å². The molecule has 3 aromatic rings. The highest BCUT2D eigenvalue weighted by Gasteiger charge is 2.16. The van der Waals surface area contributed by atoms with Gasteiger partial charge in [-0.05, 0) is 54.3 Å². The van der Waals surface area contributed by atoms with Crippen LogP contribution < -0.4 is 9.47 Å². The monoisotopic (exact) mass is 374 g/mol. The van der Waals surface area contributed by atoms with E-state index in [4.69, 9.17) is 9.47 Å². The minimum atomic E-state index is -0.510. The van der Waals surface area contributed by atoms with E-state index < -0.39 is 11.9 Å². The molecule has 0 heterocycles. The lowest BCUT2D eigenvalue weighted by molar-refractivity contribution is 0.0733. The summed E-state index contributed by atoms with van der Waals surface area (Å²) in [6.07, 6.45) is 1.51. The van der Waals surface area contributed by atoms with E-state index in [1.807, 2.05) is 50.2 Å². The number of ether oxygens (including phenoxy) is 2. The van der Waals surface area contributed by atoms with Gasteiger partial charge in [0.15, 0.2) is 0 Å². The smallest absolute Gasteiger partial charge is 0.343 e. The first-order chi connectivity index (χ1) is 13.6. The molecule has 0 fully saturated rings. The number of carbonyl (C=O) groups excluding carboxylic acids is 2. The predicted molar refractivity (Wildman–Crippen MR) is 108 cm³/mol. The molecule has 0 radical (unpaired) electrons. The van der Waals surface area contributed by atoms with Gasteiger partial charge in [-0.1, -0.05) is 56.3 Å². The second kappa shape index (κ2) is 9.00. The van der Waals surface area contributed by atoms with Crippen LogP contribution in [0.4, 0.5) is 0 Å². The summed E-state index contributed by atoms with van der Waals surface area (Å²) in [5.74, 6) is 0.0359. The SMILES string of the molecule is CCc1ccccc1OC(=O)c1cccc(C(=O)Oc2ccccc2CC)c1. The zero-order valence-corrected chi connectivity index (χ0v) is 16.0. The van der Waals surface area contributed by atoms with E-state index >= 15 is 0 Å². The van der Waals surface area contributed by atoms with Crippen molar-refractivity contribution in [2.75, 3.05) is 0 Å². The Hall–Kier alpha value is -3.40. The molecule has 0 aromatic heterocycles. The number of esters is 2. The van der Waals surface area contributed by atoms with Crippen molar-refractivity contribution in [3.05, 3.63) is 95.1 Å². The highest BCUT2D eigenvalue weighted by atomic mass is 16.5. The van der Waals surface area contributed by atoms with Gasteiger partial charge in [0.05, 0.1) is 11.1 Å². The first-order valence-electron chi connectivity index (χ1n) is 9.32. The fraction of sp³-hybridized carbons (Fsp3) is 0.167. The van der Waals surface area contributed by atoms with Gasteiger partial charge < -0.3 is 9.47 Å².